The molecule has 0 aliphatic rings. The smallest absolute Gasteiger partial charge is 0.151 e. The van der Waals surface area contributed by atoms with E-state index >= 15 is 0 Å². The Labute approximate surface area is 88.2 Å². The lowest BCUT2D eigenvalue weighted by molar-refractivity contribution is 0.291. The summed E-state index contributed by atoms with van der Waals surface area (Å²) >= 11 is 0. The lowest BCUT2D eigenvalue weighted by Crippen LogP contribution is -2.40. The molecule has 0 aromatic rings. The standard InChI is InChI=1S/C10H23NO2S/c1-6-14(12,13)8-7-11-9(2)10(3,4)5/h9,11H,6-8H2,1-5H3. The largest absolute Gasteiger partial charge is 0.313 e. The van der Waals surface area contributed by atoms with Gasteiger partial charge in [-0.3, -0.25) is 0 Å². The summed E-state index contributed by atoms with van der Waals surface area (Å²) in [6, 6.07) is 0.328. The van der Waals surface area contributed by atoms with Crippen LogP contribution in [0.1, 0.15) is 34.6 Å². The van der Waals surface area contributed by atoms with Crippen LogP contribution in [0.5, 0.6) is 0 Å². The van der Waals surface area contributed by atoms with Gasteiger partial charge in [-0.15, -0.1) is 0 Å². The van der Waals surface area contributed by atoms with Crippen molar-refractivity contribution in [3.63, 3.8) is 0 Å². The fourth-order valence-corrected chi connectivity index (χ4v) is 1.60. The minimum Gasteiger partial charge on any atom is -0.313 e. The third-order valence-corrected chi connectivity index (χ3v) is 4.31. The van der Waals surface area contributed by atoms with Gasteiger partial charge < -0.3 is 5.32 Å². The van der Waals surface area contributed by atoms with Gasteiger partial charge in [-0.25, -0.2) is 8.42 Å². The van der Waals surface area contributed by atoms with Crippen molar-refractivity contribution >= 4 is 9.84 Å². The maximum atomic E-state index is 11.2. The van der Waals surface area contributed by atoms with Crippen LogP contribution in [0.4, 0.5) is 0 Å². The molecule has 0 saturated carbocycles. The van der Waals surface area contributed by atoms with Gasteiger partial charge in [0.2, 0.25) is 0 Å². The summed E-state index contributed by atoms with van der Waals surface area (Å²) in [6.45, 7) is 10.7. The maximum absolute atomic E-state index is 11.2. The second kappa shape index (κ2) is 5.12. The summed E-state index contributed by atoms with van der Waals surface area (Å²) in [5.41, 5.74) is 0.177. The third-order valence-electron chi connectivity index (χ3n) is 2.60. The molecule has 0 saturated heterocycles. The molecule has 0 bridgehead atoms. The van der Waals surface area contributed by atoms with Gasteiger partial charge in [0.05, 0.1) is 5.75 Å². The molecule has 0 heterocycles. The molecule has 1 N–H and O–H groups in total. The molecule has 0 fully saturated rings. The number of hydrogen-bond acceptors (Lipinski definition) is 3. The molecule has 14 heavy (non-hydrogen) atoms. The van der Waals surface area contributed by atoms with Crippen LogP contribution in [-0.4, -0.2) is 32.5 Å². The highest BCUT2D eigenvalue weighted by Gasteiger charge is 2.19. The Balaban J connectivity index is 3.87. The minimum atomic E-state index is -2.82. The Morgan fingerprint density at radius 2 is 1.79 bits per heavy atom. The molecule has 0 amide bonds. The molecule has 0 rings (SSSR count). The minimum absolute atomic E-state index is 0.177. The molecule has 4 heteroatoms. The number of sulfone groups is 1. The zero-order valence-corrected chi connectivity index (χ0v) is 10.7. The Kier molecular flexibility index (Phi) is 5.09. The van der Waals surface area contributed by atoms with Gasteiger partial charge in [0, 0.05) is 18.3 Å². The van der Waals surface area contributed by atoms with Crippen LogP contribution in [0.3, 0.4) is 0 Å². The van der Waals surface area contributed by atoms with E-state index in [1.54, 1.807) is 6.92 Å². The summed E-state index contributed by atoms with van der Waals surface area (Å²) in [5.74, 6) is 0.475. The van der Waals surface area contributed by atoms with Gasteiger partial charge in [-0.1, -0.05) is 27.7 Å². The van der Waals surface area contributed by atoms with Crippen molar-refractivity contribution in [3.8, 4) is 0 Å². The van der Waals surface area contributed by atoms with E-state index in [1.165, 1.54) is 0 Å². The van der Waals surface area contributed by atoms with E-state index in [0.717, 1.165) is 0 Å². The highest BCUT2D eigenvalue weighted by Crippen LogP contribution is 2.18. The molecule has 3 nitrogen and oxygen atoms in total. The molecule has 0 aromatic carbocycles. The Morgan fingerprint density at radius 1 is 1.29 bits per heavy atom. The van der Waals surface area contributed by atoms with Crippen molar-refractivity contribution in [2.24, 2.45) is 5.41 Å². The van der Waals surface area contributed by atoms with Crippen LogP contribution >= 0.6 is 0 Å². The van der Waals surface area contributed by atoms with E-state index in [-0.39, 0.29) is 16.9 Å². The van der Waals surface area contributed by atoms with Crippen molar-refractivity contribution < 1.29 is 8.42 Å². The first-order chi connectivity index (χ1) is 6.19. The molecule has 0 aliphatic carbocycles. The zero-order valence-electron chi connectivity index (χ0n) is 9.92. The Morgan fingerprint density at radius 3 is 2.14 bits per heavy atom. The fourth-order valence-electron chi connectivity index (χ4n) is 0.881. The van der Waals surface area contributed by atoms with Crippen LogP contribution < -0.4 is 5.32 Å². The second-order valence-electron chi connectivity index (χ2n) is 4.78. The van der Waals surface area contributed by atoms with E-state index in [0.29, 0.717) is 12.6 Å². The van der Waals surface area contributed by atoms with Crippen molar-refractivity contribution in [3.05, 3.63) is 0 Å². The summed E-state index contributed by atoms with van der Waals surface area (Å²) < 4.78 is 22.4. The normalized spacial score (nSPS) is 15.5. The molecular formula is C10H23NO2S. The molecule has 0 radical (unpaired) electrons. The van der Waals surface area contributed by atoms with E-state index < -0.39 is 9.84 Å². The maximum Gasteiger partial charge on any atom is 0.151 e. The van der Waals surface area contributed by atoms with Gasteiger partial charge >= 0.3 is 0 Å². The summed E-state index contributed by atoms with van der Waals surface area (Å²) in [4.78, 5) is 0. The van der Waals surface area contributed by atoms with Gasteiger partial charge in [0.15, 0.2) is 9.84 Å². The first-order valence-electron chi connectivity index (χ1n) is 5.13. The zero-order chi connectivity index (χ0) is 11.4. The molecule has 86 valence electrons. The average Bonchev–Trinajstić information content (AvgIpc) is 2.02. The third kappa shape index (κ3) is 5.60. The summed E-state index contributed by atoms with van der Waals surface area (Å²) in [7, 11) is -2.82. The number of hydrogen-bond donors (Lipinski definition) is 1. The van der Waals surface area contributed by atoms with Crippen LogP contribution in [0.25, 0.3) is 0 Å². The lowest BCUT2D eigenvalue weighted by atomic mass is 9.88. The predicted molar refractivity (Wildman–Crippen MR) is 61.2 cm³/mol. The Bertz CT molecular complexity index is 252. The van der Waals surface area contributed by atoms with Crippen molar-refractivity contribution in [1.82, 2.24) is 5.32 Å². The van der Waals surface area contributed by atoms with E-state index in [4.69, 9.17) is 0 Å². The quantitative estimate of drug-likeness (QED) is 0.764. The molecular weight excluding hydrogens is 198 g/mol. The molecule has 1 unspecified atom stereocenters. The van der Waals surface area contributed by atoms with Crippen molar-refractivity contribution in [1.29, 1.82) is 0 Å². The Hall–Kier alpha value is -0.0900. The molecule has 0 aliphatic heterocycles. The molecule has 0 aromatic heterocycles. The molecule has 1 atom stereocenters. The second-order valence-corrected chi connectivity index (χ2v) is 7.25. The monoisotopic (exact) mass is 221 g/mol. The van der Waals surface area contributed by atoms with Crippen molar-refractivity contribution in [2.45, 2.75) is 40.7 Å². The number of nitrogens with one attached hydrogen (secondary N) is 1. The van der Waals surface area contributed by atoms with Crippen LogP contribution in [-0.2, 0) is 9.84 Å². The average molecular weight is 221 g/mol. The lowest BCUT2D eigenvalue weighted by Gasteiger charge is -2.28. The van der Waals surface area contributed by atoms with Crippen LogP contribution in [0, 0.1) is 5.41 Å². The van der Waals surface area contributed by atoms with Gasteiger partial charge in [-0.2, -0.15) is 0 Å². The highest BCUT2D eigenvalue weighted by molar-refractivity contribution is 7.91. The first-order valence-corrected chi connectivity index (χ1v) is 6.95. The first kappa shape index (κ1) is 13.9. The van der Waals surface area contributed by atoms with E-state index in [1.807, 2.05) is 0 Å². The van der Waals surface area contributed by atoms with E-state index in [2.05, 4.69) is 33.0 Å². The van der Waals surface area contributed by atoms with Gasteiger partial charge in [0.25, 0.3) is 0 Å². The van der Waals surface area contributed by atoms with E-state index in [9.17, 15) is 8.42 Å². The molecule has 0 spiro atoms. The summed E-state index contributed by atoms with van der Waals surface area (Å²) in [6.07, 6.45) is 0. The number of rotatable bonds is 5. The van der Waals surface area contributed by atoms with Crippen LogP contribution in [0.15, 0.2) is 0 Å². The SMILES string of the molecule is CCS(=O)(=O)CCNC(C)C(C)(C)C. The predicted octanol–water partition coefficient (Wildman–Crippen LogP) is 1.45. The fraction of sp³-hybridized carbons (Fsp3) is 1.00. The summed E-state index contributed by atoms with van der Waals surface area (Å²) in [5, 5.41) is 3.23. The van der Waals surface area contributed by atoms with Crippen LogP contribution in [0.2, 0.25) is 0 Å². The van der Waals surface area contributed by atoms with Crippen molar-refractivity contribution in [2.75, 3.05) is 18.1 Å². The van der Waals surface area contributed by atoms with Gasteiger partial charge in [-0.05, 0) is 12.3 Å². The van der Waals surface area contributed by atoms with Gasteiger partial charge in [0.1, 0.15) is 0 Å². The topological polar surface area (TPSA) is 46.2 Å². The highest BCUT2D eigenvalue weighted by atomic mass is 32.2.